The number of fused-ring (bicyclic) bond motifs is 1. The molecule has 0 atom stereocenters. The molecule has 2 N–H and O–H groups in total. The van der Waals surface area contributed by atoms with Crippen molar-refractivity contribution in [2.24, 2.45) is 0 Å². The number of piperazine rings is 1. The van der Waals surface area contributed by atoms with E-state index < -0.39 is 17.4 Å². The SMILES string of the molecule is Cc1ccc(-c2nc(N)nc3c2nc(C(F)(F)F)c(=O)n3CCN2CCN(c3ccccc3F)CC2)o1. The predicted octanol–water partition coefficient (Wildman–Crippen LogP) is 3.32. The number of rotatable bonds is 5. The Balaban J connectivity index is 1.47. The second-order valence-corrected chi connectivity index (χ2v) is 8.71. The van der Waals surface area contributed by atoms with E-state index in [1.165, 1.54) is 12.1 Å². The van der Waals surface area contributed by atoms with Gasteiger partial charge in [-0.15, -0.1) is 0 Å². The summed E-state index contributed by atoms with van der Waals surface area (Å²) in [4.78, 5) is 28.6. The number of anilines is 2. The summed E-state index contributed by atoms with van der Waals surface area (Å²) < 4.78 is 62.0. The number of furan rings is 1. The van der Waals surface area contributed by atoms with Crippen molar-refractivity contribution < 1.29 is 22.0 Å². The van der Waals surface area contributed by atoms with Crippen LogP contribution in [0.1, 0.15) is 11.5 Å². The Morgan fingerprint density at radius 3 is 2.38 bits per heavy atom. The predicted molar refractivity (Wildman–Crippen MR) is 128 cm³/mol. The molecule has 0 spiro atoms. The number of hydrogen-bond acceptors (Lipinski definition) is 8. The number of nitrogen functional groups attached to an aromatic ring is 1. The summed E-state index contributed by atoms with van der Waals surface area (Å²) >= 11 is 0. The van der Waals surface area contributed by atoms with Crippen molar-refractivity contribution >= 4 is 22.8 Å². The topological polar surface area (TPSA) is 106 Å². The molecular weight excluding hydrogens is 494 g/mol. The van der Waals surface area contributed by atoms with Crippen LogP contribution in [0.4, 0.5) is 29.2 Å². The maximum atomic E-state index is 14.1. The average molecular weight is 517 g/mol. The van der Waals surface area contributed by atoms with Crippen molar-refractivity contribution in [3.8, 4) is 11.5 Å². The Morgan fingerprint density at radius 1 is 1.00 bits per heavy atom. The minimum atomic E-state index is -4.99. The zero-order valence-electron chi connectivity index (χ0n) is 19.8. The smallest absolute Gasteiger partial charge is 0.438 e. The Morgan fingerprint density at radius 2 is 1.73 bits per heavy atom. The quantitative estimate of drug-likeness (QED) is 0.402. The van der Waals surface area contributed by atoms with Gasteiger partial charge in [-0.3, -0.25) is 14.3 Å². The molecule has 4 heterocycles. The van der Waals surface area contributed by atoms with E-state index in [2.05, 4.69) is 15.0 Å². The second-order valence-electron chi connectivity index (χ2n) is 8.71. The Labute approximate surface area is 208 Å². The second kappa shape index (κ2) is 9.47. The van der Waals surface area contributed by atoms with Gasteiger partial charge in [-0.2, -0.15) is 18.2 Å². The number of nitrogens with zero attached hydrogens (tertiary/aromatic N) is 6. The minimum absolute atomic E-state index is 0.0339. The van der Waals surface area contributed by atoms with Gasteiger partial charge in [0.15, 0.2) is 11.4 Å². The van der Waals surface area contributed by atoms with Gasteiger partial charge in [-0.05, 0) is 31.2 Å². The summed E-state index contributed by atoms with van der Waals surface area (Å²) in [5, 5.41) is 0. The van der Waals surface area contributed by atoms with Gasteiger partial charge in [0.05, 0.1) is 5.69 Å². The number of nitrogens with two attached hydrogens (primary N) is 1. The summed E-state index contributed by atoms with van der Waals surface area (Å²) in [6.07, 6.45) is -4.99. The van der Waals surface area contributed by atoms with Gasteiger partial charge in [0.2, 0.25) is 11.6 Å². The molecule has 1 aliphatic rings. The molecule has 0 saturated carbocycles. The molecule has 1 aliphatic heterocycles. The summed E-state index contributed by atoms with van der Waals surface area (Å²) in [6, 6.07) is 9.64. The zero-order chi connectivity index (χ0) is 26.3. The fraction of sp³-hybridized carbons (Fsp3) is 0.333. The van der Waals surface area contributed by atoms with Crippen molar-refractivity contribution in [3.05, 3.63) is 64.0 Å². The molecule has 1 fully saturated rings. The van der Waals surface area contributed by atoms with Crippen LogP contribution >= 0.6 is 0 Å². The first-order chi connectivity index (χ1) is 17.6. The number of para-hydroxylation sites is 1. The fourth-order valence-corrected chi connectivity index (χ4v) is 4.42. The highest BCUT2D eigenvalue weighted by molar-refractivity contribution is 5.86. The fourth-order valence-electron chi connectivity index (χ4n) is 4.42. The lowest BCUT2D eigenvalue weighted by Crippen LogP contribution is -2.48. The molecule has 3 aromatic heterocycles. The van der Waals surface area contributed by atoms with E-state index in [1.54, 1.807) is 31.2 Å². The number of halogens is 4. The normalized spacial score (nSPS) is 15.0. The van der Waals surface area contributed by atoms with Crippen LogP contribution in [0.15, 0.2) is 45.6 Å². The molecule has 1 saturated heterocycles. The molecule has 0 amide bonds. The van der Waals surface area contributed by atoms with Gasteiger partial charge >= 0.3 is 6.18 Å². The van der Waals surface area contributed by atoms with Gasteiger partial charge in [0.1, 0.15) is 22.8 Å². The van der Waals surface area contributed by atoms with Crippen LogP contribution in [-0.4, -0.2) is 57.1 Å². The van der Waals surface area contributed by atoms with Gasteiger partial charge < -0.3 is 15.1 Å². The lowest BCUT2D eigenvalue weighted by molar-refractivity contribution is -0.142. The van der Waals surface area contributed by atoms with Crippen molar-refractivity contribution in [1.29, 1.82) is 0 Å². The number of alkyl halides is 3. The van der Waals surface area contributed by atoms with Gasteiger partial charge in [-0.25, -0.2) is 14.4 Å². The highest BCUT2D eigenvalue weighted by atomic mass is 19.4. The zero-order valence-corrected chi connectivity index (χ0v) is 19.8. The third kappa shape index (κ3) is 4.86. The number of aryl methyl sites for hydroxylation is 1. The van der Waals surface area contributed by atoms with E-state index in [0.29, 0.717) is 37.6 Å². The summed E-state index contributed by atoms with van der Waals surface area (Å²) in [7, 11) is 0. The maximum absolute atomic E-state index is 14.1. The van der Waals surface area contributed by atoms with Crippen LogP contribution in [-0.2, 0) is 12.7 Å². The third-order valence-corrected chi connectivity index (χ3v) is 6.26. The molecule has 37 heavy (non-hydrogen) atoms. The van der Waals surface area contributed by atoms with E-state index in [9.17, 15) is 22.4 Å². The Hall–Kier alpha value is -4.00. The van der Waals surface area contributed by atoms with E-state index in [-0.39, 0.29) is 47.5 Å². The molecule has 0 aliphatic carbocycles. The van der Waals surface area contributed by atoms with E-state index >= 15 is 0 Å². The Bertz CT molecular complexity index is 1510. The van der Waals surface area contributed by atoms with Crippen LogP contribution in [0, 0.1) is 12.7 Å². The average Bonchev–Trinajstić information content (AvgIpc) is 3.29. The molecule has 13 heteroatoms. The van der Waals surface area contributed by atoms with Crippen molar-refractivity contribution in [1.82, 2.24) is 24.4 Å². The lowest BCUT2D eigenvalue weighted by atomic mass is 10.2. The maximum Gasteiger partial charge on any atom is 0.438 e. The molecule has 0 unspecified atom stereocenters. The largest absolute Gasteiger partial charge is 0.460 e. The van der Waals surface area contributed by atoms with Crippen LogP contribution in [0.3, 0.4) is 0 Å². The van der Waals surface area contributed by atoms with Gasteiger partial charge in [-0.1, -0.05) is 12.1 Å². The number of hydrogen-bond donors (Lipinski definition) is 1. The molecule has 1 aromatic carbocycles. The molecule has 194 valence electrons. The summed E-state index contributed by atoms with van der Waals surface area (Å²) in [6.45, 7) is 3.97. The molecular formula is C24H23F4N7O2. The number of aromatic nitrogens is 4. The highest BCUT2D eigenvalue weighted by Gasteiger charge is 2.38. The first-order valence-electron chi connectivity index (χ1n) is 11.6. The first kappa shape index (κ1) is 24.7. The van der Waals surface area contributed by atoms with E-state index in [1.807, 2.05) is 9.80 Å². The highest BCUT2D eigenvalue weighted by Crippen LogP contribution is 2.31. The summed E-state index contributed by atoms with van der Waals surface area (Å²) in [5.74, 6) is 0.126. The van der Waals surface area contributed by atoms with Crippen molar-refractivity contribution in [2.45, 2.75) is 19.6 Å². The molecule has 0 radical (unpaired) electrons. The van der Waals surface area contributed by atoms with Crippen molar-refractivity contribution in [2.75, 3.05) is 43.4 Å². The van der Waals surface area contributed by atoms with Crippen LogP contribution in [0.25, 0.3) is 22.6 Å². The van der Waals surface area contributed by atoms with Crippen LogP contribution in [0.2, 0.25) is 0 Å². The molecule has 9 nitrogen and oxygen atoms in total. The molecule has 5 rings (SSSR count). The van der Waals surface area contributed by atoms with E-state index in [4.69, 9.17) is 10.2 Å². The standard InChI is InChI=1S/C24H23F4N7O2/c1-14-6-7-17(37-14)18-19-21(32-23(29)31-18)35(22(36)20(30-19)24(26,27)28)13-10-33-8-11-34(12-9-33)16-5-3-2-4-15(16)25/h2-7H,8-13H2,1H3,(H2,29,31,32). The lowest BCUT2D eigenvalue weighted by Gasteiger charge is -2.36. The van der Waals surface area contributed by atoms with Gasteiger partial charge in [0.25, 0.3) is 5.56 Å². The van der Waals surface area contributed by atoms with E-state index in [0.717, 1.165) is 4.57 Å². The number of benzene rings is 1. The van der Waals surface area contributed by atoms with Gasteiger partial charge in [0, 0.05) is 39.3 Å². The third-order valence-electron chi connectivity index (χ3n) is 6.26. The Kier molecular flexibility index (Phi) is 6.31. The molecule has 4 aromatic rings. The van der Waals surface area contributed by atoms with Crippen LogP contribution < -0.4 is 16.2 Å². The first-order valence-corrected chi connectivity index (χ1v) is 11.6. The monoisotopic (exact) mass is 517 g/mol. The van der Waals surface area contributed by atoms with Crippen molar-refractivity contribution in [3.63, 3.8) is 0 Å². The minimum Gasteiger partial charge on any atom is -0.460 e. The molecule has 0 bridgehead atoms. The summed E-state index contributed by atoms with van der Waals surface area (Å²) in [5.41, 5.74) is 3.09. The van der Waals surface area contributed by atoms with Crippen LogP contribution in [0.5, 0.6) is 0 Å².